The highest BCUT2D eigenvalue weighted by Gasteiger charge is 2.26. The molecule has 4 rings (SSSR count). The first-order chi connectivity index (χ1) is 14.2. The normalized spacial score (nSPS) is 18.0. The molecule has 2 aromatic rings. The van der Waals surface area contributed by atoms with Gasteiger partial charge in [-0.15, -0.1) is 0 Å². The van der Waals surface area contributed by atoms with Gasteiger partial charge in [0.15, 0.2) is 0 Å². The summed E-state index contributed by atoms with van der Waals surface area (Å²) in [6.07, 6.45) is 3.53. The molecule has 0 saturated carbocycles. The molecule has 1 amide bonds. The van der Waals surface area contributed by atoms with Crippen LogP contribution in [-0.2, 0) is 4.79 Å². The van der Waals surface area contributed by atoms with Gasteiger partial charge >= 0.3 is 0 Å². The molecule has 0 spiro atoms. The second-order valence-corrected chi connectivity index (χ2v) is 7.35. The quantitative estimate of drug-likeness (QED) is 0.746. The number of nitrogens with zero attached hydrogens (tertiary/aromatic N) is 6. The van der Waals surface area contributed by atoms with Crippen molar-refractivity contribution in [3.05, 3.63) is 42.7 Å². The number of para-hydroxylation sites is 2. The summed E-state index contributed by atoms with van der Waals surface area (Å²) in [6.45, 7) is 7.02. The Bertz CT molecular complexity index is 802. The molecule has 0 radical (unpaired) electrons. The average Bonchev–Trinajstić information content (AvgIpc) is 2.80. The van der Waals surface area contributed by atoms with Crippen molar-refractivity contribution in [2.24, 2.45) is 0 Å². The van der Waals surface area contributed by atoms with E-state index in [-0.39, 0.29) is 5.91 Å². The summed E-state index contributed by atoms with van der Waals surface area (Å²) in [5, 5.41) is 0. The van der Waals surface area contributed by atoms with Gasteiger partial charge in [-0.3, -0.25) is 9.69 Å². The molecular weight excluding hydrogens is 368 g/mol. The van der Waals surface area contributed by atoms with Crippen LogP contribution in [0.1, 0.15) is 0 Å². The summed E-state index contributed by atoms with van der Waals surface area (Å²) in [4.78, 5) is 30.1. The highest BCUT2D eigenvalue weighted by Crippen LogP contribution is 2.28. The zero-order chi connectivity index (χ0) is 20.1. The van der Waals surface area contributed by atoms with E-state index in [9.17, 15) is 4.79 Å². The molecule has 8 nitrogen and oxygen atoms in total. The molecule has 2 aliphatic rings. The maximum atomic E-state index is 12.8. The molecule has 8 heteroatoms. The predicted octanol–water partition coefficient (Wildman–Crippen LogP) is 0.956. The average molecular weight is 396 g/mol. The van der Waals surface area contributed by atoms with Crippen molar-refractivity contribution in [1.82, 2.24) is 19.8 Å². The second-order valence-electron chi connectivity index (χ2n) is 7.35. The predicted molar refractivity (Wildman–Crippen MR) is 112 cm³/mol. The monoisotopic (exact) mass is 396 g/mol. The number of amides is 1. The van der Waals surface area contributed by atoms with Crippen LogP contribution in [-0.4, -0.2) is 91.7 Å². The largest absolute Gasteiger partial charge is 0.495 e. The highest BCUT2D eigenvalue weighted by atomic mass is 16.5. The zero-order valence-electron chi connectivity index (χ0n) is 16.9. The van der Waals surface area contributed by atoms with Gasteiger partial charge < -0.3 is 19.4 Å². The third-order valence-electron chi connectivity index (χ3n) is 5.62. The van der Waals surface area contributed by atoms with Gasteiger partial charge in [0, 0.05) is 64.8 Å². The van der Waals surface area contributed by atoms with Crippen LogP contribution in [0.25, 0.3) is 0 Å². The first kappa shape index (κ1) is 19.4. The van der Waals surface area contributed by atoms with E-state index in [1.165, 1.54) is 0 Å². The maximum Gasteiger partial charge on any atom is 0.236 e. The van der Waals surface area contributed by atoms with Crippen molar-refractivity contribution in [1.29, 1.82) is 0 Å². The van der Waals surface area contributed by atoms with Crippen LogP contribution >= 0.6 is 0 Å². The van der Waals surface area contributed by atoms with Crippen LogP contribution in [0.4, 0.5) is 11.6 Å². The van der Waals surface area contributed by atoms with Crippen molar-refractivity contribution >= 4 is 17.5 Å². The number of hydrogen-bond donors (Lipinski definition) is 0. The van der Waals surface area contributed by atoms with Crippen molar-refractivity contribution in [3.63, 3.8) is 0 Å². The van der Waals surface area contributed by atoms with E-state index in [0.29, 0.717) is 6.54 Å². The lowest BCUT2D eigenvalue weighted by Crippen LogP contribution is -2.54. The molecule has 2 fully saturated rings. The Balaban J connectivity index is 1.24. The van der Waals surface area contributed by atoms with Gasteiger partial charge in [-0.1, -0.05) is 12.1 Å². The van der Waals surface area contributed by atoms with Crippen LogP contribution in [0, 0.1) is 0 Å². The number of anilines is 2. The standard InChI is InChI=1S/C21H28N6O2/c1-29-19-6-3-2-5-18(19)25-13-15-26(16-14-25)20(28)17-24-9-11-27(12-10-24)21-22-7-4-8-23-21/h2-8H,9-17H2,1H3. The van der Waals surface area contributed by atoms with Gasteiger partial charge in [0.25, 0.3) is 0 Å². The van der Waals surface area contributed by atoms with E-state index >= 15 is 0 Å². The molecule has 2 aliphatic heterocycles. The summed E-state index contributed by atoms with van der Waals surface area (Å²) in [5.41, 5.74) is 1.10. The number of benzene rings is 1. The van der Waals surface area contributed by atoms with E-state index in [1.54, 1.807) is 19.5 Å². The maximum absolute atomic E-state index is 12.8. The van der Waals surface area contributed by atoms with Crippen LogP contribution in [0.15, 0.2) is 42.7 Å². The van der Waals surface area contributed by atoms with E-state index in [1.807, 2.05) is 29.2 Å². The van der Waals surface area contributed by atoms with E-state index in [0.717, 1.165) is 69.7 Å². The molecular formula is C21H28N6O2. The first-order valence-electron chi connectivity index (χ1n) is 10.1. The number of hydrogen-bond acceptors (Lipinski definition) is 7. The van der Waals surface area contributed by atoms with Crippen molar-refractivity contribution in [2.45, 2.75) is 0 Å². The Morgan fingerprint density at radius 1 is 0.897 bits per heavy atom. The zero-order valence-corrected chi connectivity index (χ0v) is 16.9. The molecule has 0 unspecified atom stereocenters. The minimum atomic E-state index is 0.217. The van der Waals surface area contributed by atoms with Gasteiger partial charge in [0.1, 0.15) is 5.75 Å². The smallest absolute Gasteiger partial charge is 0.236 e. The number of carbonyl (C=O) groups is 1. The number of carbonyl (C=O) groups excluding carboxylic acids is 1. The second kappa shape index (κ2) is 9.09. The Labute approximate surface area is 171 Å². The fraction of sp³-hybridized carbons (Fsp3) is 0.476. The molecule has 1 aromatic carbocycles. The van der Waals surface area contributed by atoms with Gasteiger partial charge in [-0.25, -0.2) is 9.97 Å². The summed E-state index contributed by atoms with van der Waals surface area (Å²) in [5.74, 6) is 1.87. The Kier molecular flexibility index (Phi) is 6.09. The highest BCUT2D eigenvalue weighted by molar-refractivity contribution is 5.78. The molecule has 0 bridgehead atoms. The summed E-state index contributed by atoms with van der Waals surface area (Å²) in [6, 6.07) is 9.88. The fourth-order valence-electron chi connectivity index (χ4n) is 3.94. The topological polar surface area (TPSA) is 65.0 Å². The Morgan fingerprint density at radius 2 is 1.55 bits per heavy atom. The van der Waals surface area contributed by atoms with E-state index < -0.39 is 0 Å². The summed E-state index contributed by atoms with van der Waals surface area (Å²) < 4.78 is 5.47. The number of rotatable bonds is 5. The molecule has 0 atom stereocenters. The van der Waals surface area contributed by atoms with Crippen LogP contribution in [0.3, 0.4) is 0 Å². The molecule has 3 heterocycles. The van der Waals surface area contributed by atoms with Crippen LogP contribution in [0.5, 0.6) is 5.75 Å². The molecule has 0 aliphatic carbocycles. The third kappa shape index (κ3) is 4.59. The molecule has 2 saturated heterocycles. The van der Waals surface area contributed by atoms with Crippen molar-refractivity contribution < 1.29 is 9.53 Å². The van der Waals surface area contributed by atoms with E-state index in [4.69, 9.17) is 4.74 Å². The number of ether oxygens (including phenoxy) is 1. The van der Waals surface area contributed by atoms with Crippen LogP contribution in [0.2, 0.25) is 0 Å². The number of aromatic nitrogens is 2. The van der Waals surface area contributed by atoms with Gasteiger partial charge in [0.2, 0.25) is 11.9 Å². The molecule has 0 N–H and O–H groups in total. The van der Waals surface area contributed by atoms with E-state index in [2.05, 4.69) is 30.7 Å². The third-order valence-corrected chi connectivity index (χ3v) is 5.62. The fourth-order valence-corrected chi connectivity index (χ4v) is 3.94. The van der Waals surface area contributed by atoms with Crippen molar-refractivity contribution in [2.75, 3.05) is 75.8 Å². The molecule has 1 aromatic heterocycles. The number of methoxy groups -OCH3 is 1. The van der Waals surface area contributed by atoms with Gasteiger partial charge in [-0.05, 0) is 18.2 Å². The lowest BCUT2D eigenvalue weighted by molar-refractivity contribution is -0.132. The summed E-state index contributed by atoms with van der Waals surface area (Å²) >= 11 is 0. The number of piperazine rings is 2. The van der Waals surface area contributed by atoms with Gasteiger partial charge in [0.05, 0.1) is 19.3 Å². The summed E-state index contributed by atoms with van der Waals surface area (Å²) in [7, 11) is 1.70. The van der Waals surface area contributed by atoms with Crippen molar-refractivity contribution in [3.8, 4) is 5.75 Å². The minimum absolute atomic E-state index is 0.217. The lowest BCUT2D eigenvalue weighted by atomic mass is 10.2. The molecule has 29 heavy (non-hydrogen) atoms. The lowest BCUT2D eigenvalue weighted by Gasteiger charge is -2.38. The minimum Gasteiger partial charge on any atom is -0.495 e. The SMILES string of the molecule is COc1ccccc1N1CCN(C(=O)CN2CCN(c3ncccn3)CC2)CC1. The Morgan fingerprint density at radius 3 is 2.24 bits per heavy atom. The molecule has 154 valence electrons. The van der Waals surface area contributed by atoms with Gasteiger partial charge in [-0.2, -0.15) is 0 Å². The van der Waals surface area contributed by atoms with Crippen LogP contribution < -0.4 is 14.5 Å². The Hall–Kier alpha value is -2.87. The first-order valence-corrected chi connectivity index (χ1v) is 10.1.